The standard InChI is InChI=1S/C12H25O2P/c1-3-4-5-7-12(9-11-13-2)8-6-10-14-15/h5,7,12H,3-4,6,8-11,15H2,1-2H3. The van der Waals surface area contributed by atoms with Crippen molar-refractivity contribution in [1.82, 2.24) is 0 Å². The molecule has 0 aliphatic carbocycles. The summed E-state index contributed by atoms with van der Waals surface area (Å²) in [6.07, 6.45) is 10.5. The molecule has 2 nitrogen and oxygen atoms in total. The van der Waals surface area contributed by atoms with Crippen LogP contribution in [0.4, 0.5) is 0 Å². The molecule has 0 amide bonds. The molecule has 0 N–H and O–H groups in total. The third kappa shape index (κ3) is 10.4. The number of hydrogen-bond acceptors (Lipinski definition) is 2. The Morgan fingerprint density at radius 2 is 2.07 bits per heavy atom. The number of hydrogen-bond donors (Lipinski definition) is 0. The maximum absolute atomic E-state index is 5.12. The molecule has 90 valence electrons. The van der Waals surface area contributed by atoms with Crippen molar-refractivity contribution in [3.05, 3.63) is 12.2 Å². The van der Waals surface area contributed by atoms with Crippen LogP contribution in [0.25, 0.3) is 0 Å². The van der Waals surface area contributed by atoms with Crippen LogP contribution in [0.1, 0.15) is 39.0 Å². The molecule has 0 bridgehead atoms. The maximum Gasteiger partial charge on any atom is 0.0502 e. The van der Waals surface area contributed by atoms with Gasteiger partial charge in [-0.1, -0.05) is 25.5 Å². The summed E-state index contributed by atoms with van der Waals surface area (Å²) in [7, 11) is 4.06. The second-order valence-corrected chi connectivity index (χ2v) is 4.10. The van der Waals surface area contributed by atoms with E-state index in [4.69, 9.17) is 9.26 Å². The molecule has 0 rings (SSSR count). The molecular formula is C12H25O2P. The molecule has 0 saturated carbocycles. The van der Waals surface area contributed by atoms with Crippen molar-refractivity contribution in [2.75, 3.05) is 20.3 Å². The first-order valence-corrected chi connectivity index (χ1v) is 6.29. The summed E-state index contributed by atoms with van der Waals surface area (Å²) in [4.78, 5) is 0. The highest BCUT2D eigenvalue weighted by molar-refractivity contribution is 7.09. The summed E-state index contributed by atoms with van der Waals surface area (Å²) >= 11 is 0. The molecule has 0 aliphatic heterocycles. The first kappa shape index (κ1) is 15.1. The van der Waals surface area contributed by atoms with E-state index in [0.717, 1.165) is 26.1 Å². The third-order valence-electron chi connectivity index (χ3n) is 2.39. The van der Waals surface area contributed by atoms with E-state index in [1.807, 2.05) is 0 Å². The molecule has 0 aromatic heterocycles. The van der Waals surface area contributed by atoms with Gasteiger partial charge in [0.05, 0.1) is 6.61 Å². The average molecular weight is 232 g/mol. The Labute approximate surface area is 96.7 Å². The van der Waals surface area contributed by atoms with E-state index in [1.54, 1.807) is 7.11 Å². The fraction of sp³-hybridized carbons (Fsp3) is 0.833. The van der Waals surface area contributed by atoms with Gasteiger partial charge in [0.2, 0.25) is 0 Å². The molecule has 0 aromatic rings. The smallest absolute Gasteiger partial charge is 0.0502 e. The topological polar surface area (TPSA) is 18.5 Å². The van der Waals surface area contributed by atoms with E-state index in [9.17, 15) is 0 Å². The van der Waals surface area contributed by atoms with Gasteiger partial charge in [-0.25, -0.2) is 0 Å². The van der Waals surface area contributed by atoms with Gasteiger partial charge in [0.15, 0.2) is 0 Å². The molecule has 0 fully saturated rings. The van der Waals surface area contributed by atoms with Gasteiger partial charge in [-0.15, -0.1) is 0 Å². The number of unbranched alkanes of at least 4 members (excludes halogenated alkanes) is 1. The van der Waals surface area contributed by atoms with Crippen LogP contribution in [0.5, 0.6) is 0 Å². The first-order valence-electron chi connectivity index (χ1n) is 5.82. The lowest BCUT2D eigenvalue weighted by Crippen LogP contribution is -2.03. The molecule has 15 heavy (non-hydrogen) atoms. The van der Waals surface area contributed by atoms with Crippen LogP contribution in [0.15, 0.2) is 12.2 Å². The molecular weight excluding hydrogens is 207 g/mol. The van der Waals surface area contributed by atoms with Crippen LogP contribution < -0.4 is 0 Å². The number of ether oxygens (including phenoxy) is 1. The highest BCUT2D eigenvalue weighted by Gasteiger charge is 2.03. The number of methoxy groups -OCH3 is 1. The summed E-state index contributed by atoms with van der Waals surface area (Å²) in [5, 5.41) is 0. The molecule has 0 radical (unpaired) electrons. The summed E-state index contributed by atoms with van der Waals surface area (Å²) in [6.45, 7) is 3.88. The van der Waals surface area contributed by atoms with E-state index in [2.05, 4.69) is 28.5 Å². The van der Waals surface area contributed by atoms with Gasteiger partial charge in [0, 0.05) is 23.2 Å². The van der Waals surface area contributed by atoms with Gasteiger partial charge in [-0.05, 0) is 31.6 Å². The monoisotopic (exact) mass is 232 g/mol. The zero-order chi connectivity index (χ0) is 11.4. The van der Waals surface area contributed by atoms with Gasteiger partial charge < -0.3 is 9.26 Å². The minimum atomic E-state index is 0.650. The van der Waals surface area contributed by atoms with Gasteiger partial charge in [0.25, 0.3) is 0 Å². The Balaban J connectivity index is 3.72. The Bertz CT molecular complexity index is 149. The Morgan fingerprint density at radius 1 is 1.27 bits per heavy atom. The van der Waals surface area contributed by atoms with Crippen molar-refractivity contribution in [3.8, 4) is 0 Å². The first-order chi connectivity index (χ1) is 7.35. The van der Waals surface area contributed by atoms with E-state index in [0.29, 0.717) is 5.92 Å². The Morgan fingerprint density at radius 3 is 2.67 bits per heavy atom. The van der Waals surface area contributed by atoms with Crippen LogP contribution in [0, 0.1) is 5.92 Å². The number of rotatable bonds is 10. The Kier molecular flexibility index (Phi) is 12.2. The lowest BCUT2D eigenvalue weighted by atomic mass is 9.99. The minimum absolute atomic E-state index is 0.650. The minimum Gasteiger partial charge on any atom is -0.385 e. The van der Waals surface area contributed by atoms with Crippen molar-refractivity contribution in [1.29, 1.82) is 0 Å². The molecule has 0 heterocycles. The highest BCUT2D eigenvalue weighted by Crippen LogP contribution is 2.14. The third-order valence-corrected chi connectivity index (χ3v) is 2.63. The molecule has 0 aromatic carbocycles. The van der Waals surface area contributed by atoms with E-state index >= 15 is 0 Å². The predicted molar refractivity (Wildman–Crippen MR) is 68.9 cm³/mol. The van der Waals surface area contributed by atoms with Crippen molar-refractivity contribution in [2.24, 2.45) is 5.92 Å². The van der Waals surface area contributed by atoms with Crippen LogP contribution in [-0.2, 0) is 9.26 Å². The highest BCUT2D eigenvalue weighted by atomic mass is 31.0. The predicted octanol–water partition coefficient (Wildman–Crippen LogP) is 3.58. The second kappa shape index (κ2) is 12.2. The molecule has 2 atom stereocenters. The van der Waals surface area contributed by atoms with Gasteiger partial charge >= 0.3 is 0 Å². The quantitative estimate of drug-likeness (QED) is 0.325. The van der Waals surface area contributed by atoms with Crippen LogP contribution >= 0.6 is 9.47 Å². The zero-order valence-corrected chi connectivity index (χ0v) is 11.2. The maximum atomic E-state index is 5.12. The van der Waals surface area contributed by atoms with E-state index < -0.39 is 0 Å². The molecule has 3 heteroatoms. The lowest BCUT2D eigenvalue weighted by Gasteiger charge is -2.11. The van der Waals surface area contributed by atoms with Crippen LogP contribution in [-0.4, -0.2) is 20.3 Å². The Hall–Kier alpha value is 0.0900. The normalized spacial score (nSPS) is 13.5. The van der Waals surface area contributed by atoms with Crippen molar-refractivity contribution in [3.63, 3.8) is 0 Å². The molecule has 0 saturated heterocycles. The summed E-state index contributed by atoms with van der Waals surface area (Å²) in [5.74, 6) is 0.650. The largest absolute Gasteiger partial charge is 0.385 e. The lowest BCUT2D eigenvalue weighted by molar-refractivity contribution is 0.181. The summed E-state index contributed by atoms with van der Waals surface area (Å²) in [6, 6.07) is 0. The van der Waals surface area contributed by atoms with Gasteiger partial charge in [-0.2, -0.15) is 0 Å². The zero-order valence-electron chi connectivity index (χ0n) is 10.1. The fourth-order valence-corrected chi connectivity index (χ4v) is 1.66. The SMILES string of the molecule is CCCC=CC(CCCOP)CCOC. The van der Waals surface area contributed by atoms with Crippen molar-refractivity contribution in [2.45, 2.75) is 39.0 Å². The second-order valence-electron chi connectivity index (χ2n) is 3.77. The van der Waals surface area contributed by atoms with Crippen LogP contribution in [0.2, 0.25) is 0 Å². The average Bonchev–Trinajstić information content (AvgIpc) is 2.25. The molecule has 2 unspecified atom stereocenters. The van der Waals surface area contributed by atoms with Crippen molar-refractivity contribution < 1.29 is 9.26 Å². The number of allylic oxidation sites excluding steroid dienone is 2. The summed E-state index contributed by atoms with van der Waals surface area (Å²) < 4.78 is 10.1. The molecule has 0 aliphatic rings. The van der Waals surface area contributed by atoms with Crippen molar-refractivity contribution >= 4 is 9.47 Å². The fourth-order valence-electron chi connectivity index (χ4n) is 1.49. The molecule has 0 spiro atoms. The summed E-state index contributed by atoms with van der Waals surface area (Å²) in [5.41, 5.74) is 0. The van der Waals surface area contributed by atoms with Crippen LogP contribution in [0.3, 0.4) is 0 Å². The van der Waals surface area contributed by atoms with Gasteiger partial charge in [-0.3, -0.25) is 0 Å². The van der Waals surface area contributed by atoms with E-state index in [-0.39, 0.29) is 0 Å². The van der Waals surface area contributed by atoms with Gasteiger partial charge in [0.1, 0.15) is 0 Å². The van der Waals surface area contributed by atoms with E-state index in [1.165, 1.54) is 19.3 Å².